The SMILES string of the molecule is c1ccc2cc3c(ccc4c(-c5c6ccccc6c(-c6cccc7ccccc67)c6ccccc56)cccc43)cc2c1. The predicted molar refractivity (Wildman–Crippen MR) is 182 cm³/mol. The van der Waals surface area contributed by atoms with Crippen molar-refractivity contribution >= 4 is 64.6 Å². The van der Waals surface area contributed by atoms with Crippen molar-refractivity contribution in [2.45, 2.75) is 0 Å². The van der Waals surface area contributed by atoms with Crippen LogP contribution in [0.25, 0.3) is 86.9 Å². The highest BCUT2D eigenvalue weighted by molar-refractivity contribution is 6.26. The molecule has 9 rings (SSSR count). The molecule has 0 unspecified atom stereocenters. The van der Waals surface area contributed by atoms with Crippen molar-refractivity contribution in [3.8, 4) is 22.3 Å². The van der Waals surface area contributed by atoms with Crippen LogP contribution in [0, 0.1) is 0 Å². The molecule has 0 heterocycles. The van der Waals surface area contributed by atoms with E-state index in [1.807, 2.05) is 0 Å². The molecule has 0 aliphatic rings. The van der Waals surface area contributed by atoms with Crippen molar-refractivity contribution in [2.75, 3.05) is 0 Å². The van der Waals surface area contributed by atoms with Gasteiger partial charge >= 0.3 is 0 Å². The average molecular weight is 531 g/mol. The van der Waals surface area contributed by atoms with Crippen molar-refractivity contribution in [1.82, 2.24) is 0 Å². The van der Waals surface area contributed by atoms with Crippen molar-refractivity contribution < 1.29 is 0 Å². The van der Waals surface area contributed by atoms with Crippen LogP contribution in [0.15, 0.2) is 158 Å². The second kappa shape index (κ2) is 9.03. The van der Waals surface area contributed by atoms with Gasteiger partial charge in [0, 0.05) is 0 Å². The van der Waals surface area contributed by atoms with Crippen LogP contribution in [0.1, 0.15) is 0 Å². The molecule has 0 bridgehead atoms. The summed E-state index contributed by atoms with van der Waals surface area (Å²) in [6.07, 6.45) is 0. The molecule has 0 saturated carbocycles. The third-order valence-electron chi connectivity index (χ3n) is 9.00. The van der Waals surface area contributed by atoms with E-state index in [0.717, 1.165) is 0 Å². The maximum Gasteiger partial charge on any atom is -0.00201 e. The third kappa shape index (κ3) is 3.36. The Morgan fingerprint density at radius 3 is 1.31 bits per heavy atom. The van der Waals surface area contributed by atoms with E-state index in [1.165, 1.54) is 86.9 Å². The summed E-state index contributed by atoms with van der Waals surface area (Å²) in [6.45, 7) is 0. The molecule has 42 heavy (non-hydrogen) atoms. The van der Waals surface area contributed by atoms with E-state index in [0.29, 0.717) is 0 Å². The molecule has 0 spiro atoms. The lowest BCUT2D eigenvalue weighted by molar-refractivity contribution is 1.69. The smallest absolute Gasteiger partial charge is 0.00201 e. The summed E-state index contributed by atoms with van der Waals surface area (Å²) in [5.74, 6) is 0. The van der Waals surface area contributed by atoms with Crippen LogP contribution < -0.4 is 0 Å². The maximum absolute atomic E-state index is 2.36. The minimum Gasteiger partial charge on any atom is -0.0616 e. The van der Waals surface area contributed by atoms with Crippen LogP contribution in [0.4, 0.5) is 0 Å². The Morgan fingerprint density at radius 1 is 0.214 bits per heavy atom. The van der Waals surface area contributed by atoms with Gasteiger partial charge in [0.15, 0.2) is 0 Å². The lowest BCUT2D eigenvalue weighted by Gasteiger charge is -2.20. The Balaban J connectivity index is 1.42. The molecule has 0 aliphatic carbocycles. The zero-order valence-corrected chi connectivity index (χ0v) is 23.0. The summed E-state index contributed by atoms with van der Waals surface area (Å²) in [5, 5.41) is 15.4. The fraction of sp³-hybridized carbons (Fsp3) is 0. The van der Waals surface area contributed by atoms with E-state index < -0.39 is 0 Å². The molecule has 9 aromatic rings. The molecule has 0 radical (unpaired) electrons. The summed E-state index contributed by atoms with van der Waals surface area (Å²) < 4.78 is 0. The van der Waals surface area contributed by atoms with E-state index in [1.54, 1.807) is 0 Å². The first-order valence-corrected chi connectivity index (χ1v) is 14.6. The zero-order chi connectivity index (χ0) is 27.6. The molecule has 0 aliphatic heterocycles. The summed E-state index contributed by atoms with van der Waals surface area (Å²) in [7, 11) is 0. The third-order valence-corrected chi connectivity index (χ3v) is 9.00. The molecule has 194 valence electrons. The Labute approximate surface area is 244 Å². The average Bonchev–Trinajstić information content (AvgIpc) is 3.06. The molecule has 0 atom stereocenters. The molecule has 0 amide bonds. The number of hydrogen-bond acceptors (Lipinski definition) is 0. The molecule has 0 aromatic heterocycles. The minimum atomic E-state index is 1.26. The van der Waals surface area contributed by atoms with Gasteiger partial charge in [-0.1, -0.05) is 146 Å². The van der Waals surface area contributed by atoms with Gasteiger partial charge in [0.2, 0.25) is 0 Å². The van der Waals surface area contributed by atoms with E-state index in [9.17, 15) is 0 Å². The fourth-order valence-electron chi connectivity index (χ4n) is 7.15. The Morgan fingerprint density at radius 2 is 0.667 bits per heavy atom. The second-order valence-corrected chi connectivity index (χ2v) is 11.3. The molecule has 0 heteroatoms. The normalized spacial score (nSPS) is 11.8. The first-order chi connectivity index (χ1) is 20.8. The summed E-state index contributed by atoms with van der Waals surface area (Å²) >= 11 is 0. The fourth-order valence-corrected chi connectivity index (χ4v) is 7.15. The highest BCUT2D eigenvalue weighted by Crippen LogP contribution is 2.47. The minimum absolute atomic E-state index is 1.26. The zero-order valence-electron chi connectivity index (χ0n) is 23.0. The van der Waals surface area contributed by atoms with Gasteiger partial charge in [-0.15, -0.1) is 0 Å². The van der Waals surface area contributed by atoms with Crippen molar-refractivity contribution in [3.63, 3.8) is 0 Å². The summed E-state index contributed by atoms with van der Waals surface area (Å²) in [5.41, 5.74) is 5.16. The van der Waals surface area contributed by atoms with E-state index in [4.69, 9.17) is 0 Å². The van der Waals surface area contributed by atoms with Crippen LogP contribution in [0.3, 0.4) is 0 Å². The first-order valence-electron chi connectivity index (χ1n) is 14.6. The van der Waals surface area contributed by atoms with Crippen LogP contribution in [0.5, 0.6) is 0 Å². The molecule has 0 nitrogen and oxygen atoms in total. The monoisotopic (exact) mass is 530 g/mol. The second-order valence-electron chi connectivity index (χ2n) is 11.3. The number of benzene rings is 9. The number of rotatable bonds is 2. The van der Waals surface area contributed by atoms with Crippen LogP contribution in [-0.2, 0) is 0 Å². The van der Waals surface area contributed by atoms with Gasteiger partial charge in [-0.3, -0.25) is 0 Å². The van der Waals surface area contributed by atoms with E-state index >= 15 is 0 Å². The quantitative estimate of drug-likeness (QED) is 0.154. The standard InChI is InChI=1S/C42H26/c1-2-13-29-26-40-30(25-28(29)12-1)23-24-33-32(40)20-10-22-35(33)42-38-18-7-5-16-36(38)41(37-17-6-8-19-39(37)42)34-21-9-14-27-11-3-4-15-31(27)34/h1-26H. The summed E-state index contributed by atoms with van der Waals surface area (Å²) in [6, 6.07) is 58.1. The van der Waals surface area contributed by atoms with E-state index in [-0.39, 0.29) is 0 Å². The molecule has 0 fully saturated rings. The summed E-state index contributed by atoms with van der Waals surface area (Å²) in [4.78, 5) is 0. The first kappa shape index (κ1) is 23.3. The van der Waals surface area contributed by atoms with Gasteiger partial charge in [0.1, 0.15) is 0 Å². The molecule has 0 saturated heterocycles. The predicted octanol–water partition coefficient (Wildman–Crippen LogP) is 11.9. The highest BCUT2D eigenvalue weighted by Gasteiger charge is 2.19. The van der Waals surface area contributed by atoms with Gasteiger partial charge in [-0.25, -0.2) is 0 Å². The Kier molecular flexibility index (Phi) is 5.00. The van der Waals surface area contributed by atoms with Gasteiger partial charge in [0.05, 0.1) is 0 Å². The van der Waals surface area contributed by atoms with Gasteiger partial charge in [-0.05, 0) is 99.0 Å². The lowest BCUT2D eigenvalue weighted by Crippen LogP contribution is -1.92. The molecular weight excluding hydrogens is 504 g/mol. The van der Waals surface area contributed by atoms with Crippen LogP contribution >= 0.6 is 0 Å². The van der Waals surface area contributed by atoms with Gasteiger partial charge in [0.25, 0.3) is 0 Å². The Hall–Kier alpha value is -5.46. The lowest BCUT2D eigenvalue weighted by atomic mass is 9.83. The largest absolute Gasteiger partial charge is 0.0616 e. The van der Waals surface area contributed by atoms with E-state index in [2.05, 4.69) is 158 Å². The van der Waals surface area contributed by atoms with Crippen molar-refractivity contribution in [1.29, 1.82) is 0 Å². The number of hydrogen-bond donors (Lipinski definition) is 0. The molecule has 0 N–H and O–H groups in total. The Bertz CT molecular complexity index is 2450. The van der Waals surface area contributed by atoms with Crippen LogP contribution in [0.2, 0.25) is 0 Å². The van der Waals surface area contributed by atoms with Crippen LogP contribution in [-0.4, -0.2) is 0 Å². The van der Waals surface area contributed by atoms with Crippen molar-refractivity contribution in [2.24, 2.45) is 0 Å². The van der Waals surface area contributed by atoms with Gasteiger partial charge < -0.3 is 0 Å². The number of fused-ring (bicyclic) bond motifs is 7. The van der Waals surface area contributed by atoms with Crippen molar-refractivity contribution in [3.05, 3.63) is 158 Å². The van der Waals surface area contributed by atoms with Gasteiger partial charge in [-0.2, -0.15) is 0 Å². The molecule has 9 aromatic carbocycles. The topological polar surface area (TPSA) is 0 Å². The maximum atomic E-state index is 2.36. The highest BCUT2D eigenvalue weighted by atomic mass is 14.2. The molecular formula is C42H26.